The molecule has 4 heterocycles. The first kappa shape index (κ1) is 19.8. The minimum absolute atomic E-state index is 0.179. The Morgan fingerprint density at radius 2 is 2.22 bits per heavy atom. The van der Waals surface area contributed by atoms with Crippen LogP contribution in [0.4, 0.5) is 4.39 Å². The molecule has 5 rings (SSSR count). The molecule has 1 atom stereocenters. The van der Waals surface area contributed by atoms with E-state index in [1.54, 1.807) is 23.4 Å². The summed E-state index contributed by atoms with van der Waals surface area (Å²) in [5.41, 5.74) is 8.97. The zero-order valence-corrected chi connectivity index (χ0v) is 17.4. The van der Waals surface area contributed by atoms with E-state index in [9.17, 15) is 14.4 Å². The molecule has 0 fully saturated rings. The van der Waals surface area contributed by atoms with Gasteiger partial charge in [0.1, 0.15) is 16.9 Å². The number of rotatable bonds is 3. The number of thiazole rings is 1. The van der Waals surface area contributed by atoms with E-state index >= 15 is 0 Å². The highest BCUT2D eigenvalue weighted by Crippen LogP contribution is 2.38. The summed E-state index contributed by atoms with van der Waals surface area (Å²) in [6.07, 6.45) is 4.85. The first-order valence-corrected chi connectivity index (χ1v) is 10.6. The Kier molecular flexibility index (Phi) is 4.88. The van der Waals surface area contributed by atoms with Crippen LogP contribution in [-0.4, -0.2) is 37.3 Å². The van der Waals surface area contributed by atoms with E-state index < -0.39 is 6.04 Å². The minimum Gasteiger partial charge on any atom is -0.404 e. The number of carbonyl (C=O) groups is 1. The molecule has 1 aliphatic rings. The van der Waals surface area contributed by atoms with Crippen LogP contribution < -0.4 is 5.73 Å². The molecule has 0 unspecified atom stereocenters. The number of pyridine rings is 1. The molecular formula is C22H16FN7OS. The summed E-state index contributed by atoms with van der Waals surface area (Å²) < 4.78 is 14.4. The second-order valence-electron chi connectivity index (χ2n) is 7.20. The molecule has 1 aliphatic heterocycles. The Morgan fingerprint density at radius 3 is 3.03 bits per heavy atom. The number of nitrogens with one attached hydrogen (secondary N) is 1. The van der Waals surface area contributed by atoms with Crippen LogP contribution in [0.3, 0.4) is 0 Å². The van der Waals surface area contributed by atoms with Gasteiger partial charge in [0, 0.05) is 31.1 Å². The van der Waals surface area contributed by atoms with Crippen molar-refractivity contribution in [1.29, 1.82) is 5.26 Å². The fraction of sp³-hybridized carbons (Fsp3) is 0.136. The number of nitrogens with zero attached hydrogens (tertiary/aromatic N) is 5. The van der Waals surface area contributed by atoms with Crippen LogP contribution >= 0.6 is 11.3 Å². The maximum atomic E-state index is 13.7. The zero-order chi connectivity index (χ0) is 22.2. The van der Waals surface area contributed by atoms with Gasteiger partial charge in [-0.3, -0.25) is 9.78 Å². The lowest BCUT2D eigenvalue weighted by Gasteiger charge is -2.34. The number of aromatic amines is 1. The summed E-state index contributed by atoms with van der Waals surface area (Å²) in [5, 5.41) is 9.83. The summed E-state index contributed by atoms with van der Waals surface area (Å²) in [6, 6.07) is 8.97. The fourth-order valence-corrected chi connectivity index (χ4v) is 4.96. The number of H-pyrrole nitrogens is 1. The van der Waals surface area contributed by atoms with Crippen LogP contribution in [0, 0.1) is 17.1 Å². The van der Waals surface area contributed by atoms with Gasteiger partial charge in [0.25, 0.3) is 5.91 Å². The van der Waals surface area contributed by atoms with Gasteiger partial charge in [0.05, 0.1) is 45.1 Å². The smallest absolute Gasteiger partial charge is 0.258 e. The zero-order valence-electron chi connectivity index (χ0n) is 16.6. The maximum Gasteiger partial charge on any atom is 0.258 e. The van der Waals surface area contributed by atoms with E-state index in [1.165, 1.54) is 41.9 Å². The van der Waals surface area contributed by atoms with Crippen LogP contribution in [0.25, 0.3) is 15.8 Å². The standard InChI is InChI=1S/C22H16FN7OS/c23-13-1-2-15-18(8-13)32-21(29-15)20-19-16(27-11-28-19)4-6-30(20)22(31)14(10-25)17-7-12(9-24)3-5-26-17/h1-3,5,7-8,10-11,20H,4,6,25H2,(H,27,28)/t20-/m0/s1. The fourth-order valence-electron chi connectivity index (χ4n) is 3.85. The number of carbonyl (C=O) groups excluding carboxylic acids is 1. The highest BCUT2D eigenvalue weighted by molar-refractivity contribution is 7.18. The molecular weight excluding hydrogens is 429 g/mol. The molecule has 3 N–H and O–H groups in total. The number of nitrogens with two attached hydrogens (primary N) is 1. The lowest BCUT2D eigenvalue weighted by atomic mass is 10.0. The van der Waals surface area contributed by atoms with E-state index in [-0.39, 0.29) is 17.3 Å². The number of nitriles is 1. The van der Waals surface area contributed by atoms with Gasteiger partial charge in [0.15, 0.2) is 0 Å². The normalized spacial score (nSPS) is 16.1. The number of halogens is 1. The van der Waals surface area contributed by atoms with E-state index in [4.69, 9.17) is 5.73 Å². The Morgan fingerprint density at radius 1 is 1.34 bits per heavy atom. The maximum absolute atomic E-state index is 13.7. The Labute approximate surface area is 185 Å². The number of imidazole rings is 1. The highest BCUT2D eigenvalue weighted by Gasteiger charge is 2.37. The molecule has 1 amide bonds. The van der Waals surface area contributed by atoms with Crippen LogP contribution in [0.15, 0.2) is 49.1 Å². The first-order chi connectivity index (χ1) is 15.6. The number of amides is 1. The molecule has 0 saturated heterocycles. The Hall–Kier alpha value is -4.10. The number of aromatic nitrogens is 4. The van der Waals surface area contributed by atoms with E-state index in [2.05, 4.69) is 19.9 Å². The van der Waals surface area contributed by atoms with Gasteiger partial charge in [-0.1, -0.05) is 0 Å². The number of fused-ring (bicyclic) bond motifs is 2. The van der Waals surface area contributed by atoms with Crippen molar-refractivity contribution in [2.75, 3.05) is 6.54 Å². The molecule has 10 heteroatoms. The number of hydrogen-bond acceptors (Lipinski definition) is 7. The largest absolute Gasteiger partial charge is 0.404 e. The third-order valence-electron chi connectivity index (χ3n) is 5.35. The lowest BCUT2D eigenvalue weighted by molar-refractivity contribution is -0.127. The minimum atomic E-state index is -0.563. The van der Waals surface area contributed by atoms with Crippen molar-refractivity contribution in [1.82, 2.24) is 24.8 Å². The molecule has 32 heavy (non-hydrogen) atoms. The average Bonchev–Trinajstić information content (AvgIpc) is 3.45. The van der Waals surface area contributed by atoms with Crippen LogP contribution in [0.5, 0.6) is 0 Å². The molecule has 0 saturated carbocycles. The van der Waals surface area contributed by atoms with Gasteiger partial charge < -0.3 is 15.6 Å². The summed E-state index contributed by atoms with van der Waals surface area (Å²) in [4.78, 5) is 31.8. The summed E-state index contributed by atoms with van der Waals surface area (Å²) in [7, 11) is 0. The van der Waals surface area contributed by atoms with Gasteiger partial charge in [0.2, 0.25) is 0 Å². The second kappa shape index (κ2) is 7.86. The van der Waals surface area contributed by atoms with Crippen molar-refractivity contribution in [2.45, 2.75) is 12.5 Å². The quantitative estimate of drug-likeness (QED) is 0.467. The Balaban J connectivity index is 1.59. The van der Waals surface area contributed by atoms with Crippen molar-refractivity contribution in [3.63, 3.8) is 0 Å². The third kappa shape index (κ3) is 3.29. The van der Waals surface area contributed by atoms with Gasteiger partial charge in [-0.15, -0.1) is 11.3 Å². The van der Waals surface area contributed by atoms with E-state index in [0.29, 0.717) is 45.1 Å². The van der Waals surface area contributed by atoms with Gasteiger partial charge in [-0.25, -0.2) is 14.4 Å². The number of hydrogen-bond donors (Lipinski definition) is 2. The molecule has 0 aliphatic carbocycles. The van der Waals surface area contributed by atoms with Gasteiger partial charge in [-0.2, -0.15) is 5.26 Å². The molecule has 158 valence electrons. The summed E-state index contributed by atoms with van der Waals surface area (Å²) >= 11 is 1.32. The predicted octanol–water partition coefficient (Wildman–Crippen LogP) is 2.90. The van der Waals surface area contributed by atoms with Crippen LogP contribution in [0.2, 0.25) is 0 Å². The topological polar surface area (TPSA) is 125 Å². The highest BCUT2D eigenvalue weighted by atomic mass is 32.1. The second-order valence-corrected chi connectivity index (χ2v) is 8.27. The van der Waals surface area contributed by atoms with Crippen molar-refractivity contribution in [2.24, 2.45) is 5.73 Å². The molecule has 8 nitrogen and oxygen atoms in total. The first-order valence-electron chi connectivity index (χ1n) is 9.76. The molecule has 1 aromatic carbocycles. The number of benzene rings is 1. The third-order valence-corrected chi connectivity index (χ3v) is 6.42. The summed E-state index contributed by atoms with van der Waals surface area (Å²) in [6.45, 7) is 0.401. The van der Waals surface area contributed by atoms with E-state index in [1.807, 2.05) is 6.07 Å². The van der Waals surface area contributed by atoms with Crippen molar-refractivity contribution in [3.05, 3.63) is 82.5 Å². The van der Waals surface area contributed by atoms with Crippen LogP contribution in [-0.2, 0) is 11.2 Å². The molecule has 0 spiro atoms. The molecule has 4 aromatic rings. The van der Waals surface area contributed by atoms with E-state index in [0.717, 1.165) is 5.69 Å². The van der Waals surface area contributed by atoms with Gasteiger partial charge >= 0.3 is 0 Å². The molecule has 0 bridgehead atoms. The summed E-state index contributed by atoms with van der Waals surface area (Å²) in [5.74, 6) is -0.694. The predicted molar refractivity (Wildman–Crippen MR) is 117 cm³/mol. The molecule has 3 aromatic heterocycles. The van der Waals surface area contributed by atoms with Crippen LogP contribution in [0.1, 0.15) is 33.7 Å². The van der Waals surface area contributed by atoms with Crippen molar-refractivity contribution >= 4 is 33.0 Å². The molecule has 0 radical (unpaired) electrons. The SMILES string of the molecule is N#Cc1ccnc(C(=CN)C(=O)N2CCc3[nH]cnc3[C@H]2c2nc3ccc(F)cc3s2)c1. The lowest BCUT2D eigenvalue weighted by Crippen LogP contribution is -2.41. The van der Waals surface area contributed by atoms with Crippen molar-refractivity contribution < 1.29 is 9.18 Å². The van der Waals surface area contributed by atoms with Gasteiger partial charge in [-0.05, 0) is 30.3 Å². The van der Waals surface area contributed by atoms with Crippen molar-refractivity contribution in [3.8, 4) is 6.07 Å². The average molecular weight is 445 g/mol. The Bertz CT molecular complexity index is 1420. The monoisotopic (exact) mass is 445 g/mol.